The van der Waals surface area contributed by atoms with Crippen LogP contribution in [0, 0.1) is 0 Å². The van der Waals surface area contributed by atoms with E-state index in [0.717, 1.165) is 6.08 Å². The molecule has 0 atom stereocenters. The van der Waals surface area contributed by atoms with Gasteiger partial charge in [0.25, 0.3) is 0 Å². The Morgan fingerprint density at radius 3 is 2.14 bits per heavy atom. The van der Waals surface area contributed by atoms with Gasteiger partial charge in [0, 0.05) is 45.3 Å². The maximum absolute atomic E-state index is 11.8. The molecule has 1 aliphatic heterocycles. The third-order valence-electron chi connectivity index (χ3n) is 3.00. The quantitative estimate of drug-likeness (QED) is 0.529. The molecule has 1 heterocycles. The Hall–Kier alpha value is -2.38. The van der Waals surface area contributed by atoms with Gasteiger partial charge in [-0.25, -0.2) is 9.59 Å². The summed E-state index contributed by atoms with van der Waals surface area (Å²) in [7, 11) is 0. The summed E-state index contributed by atoms with van der Waals surface area (Å²) >= 11 is 0. The number of hydrogen-bond acceptors (Lipinski definition) is 5. The summed E-state index contributed by atoms with van der Waals surface area (Å²) < 4.78 is 4.71. The molecule has 0 radical (unpaired) electrons. The first-order chi connectivity index (χ1) is 9.90. The van der Waals surface area contributed by atoms with Crippen LogP contribution in [0.25, 0.3) is 0 Å². The van der Waals surface area contributed by atoms with Crippen LogP contribution in [-0.4, -0.2) is 71.4 Å². The van der Waals surface area contributed by atoms with Crippen LogP contribution < -0.4 is 0 Å². The Morgan fingerprint density at radius 1 is 1.05 bits per heavy atom. The lowest BCUT2D eigenvalue weighted by atomic mass is 10.3. The van der Waals surface area contributed by atoms with Gasteiger partial charge in [-0.1, -0.05) is 0 Å². The van der Waals surface area contributed by atoms with Crippen molar-refractivity contribution in [1.29, 1.82) is 0 Å². The first kappa shape index (κ1) is 16.7. The minimum Gasteiger partial charge on any atom is -0.478 e. The van der Waals surface area contributed by atoms with Crippen LogP contribution in [-0.2, 0) is 23.9 Å². The molecule has 0 aliphatic carbocycles. The average molecular weight is 298 g/mol. The van der Waals surface area contributed by atoms with E-state index in [9.17, 15) is 19.2 Å². The number of hydrogen-bond donors (Lipinski definition) is 1. The van der Waals surface area contributed by atoms with Crippen LogP contribution in [0.1, 0.15) is 13.3 Å². The molecule has 1 N–H and O–H groups in total. The number of carbonyl (C=O) groups is 4. The van der Waals surface area contributed by atoms with Gasteiger partial charge in [0.2, 0.25) is 11.8 Å². The van der Waals surface area contributed by atoms with Crippen LogP contribution in [0.2, 0.25) is 0 Å². The van der Waals surface area contributed by atoms with E-state index in [-0.39, 0.29) is 24.8 Å². The van der Waals surface area contributed by atoms with Crippen LogP contribution >= 0.6 is 0 Å². The number of carboxylic acid groups (broad SMARTS) is 1. The van der Waals surface area contributed by atoms with Gasteiger partial charge in [0.1, 0.15) is 6.61 Å². The van der Waals surface area contributed by atoms with E-state index < -0.39 is 11.9 Å². The number of nitrogens with zero attached hydrogens (tertiary/aromatic N) is 2. The van der Waals surface area contributed by atoms with Crippen molar-refractivity contribution < 1.29 is 29.0 Å². The molecule has 0 saturated carbocycles. The average Bonchev–Trinajstić information content (AvgIpc) is 2.45. The molecule has 0 spiro atoms. The van der Waals surface area contributed by atoms with Gasteiger partial charge in [0.15, 0.2) is 0 Å². The Labute approximate surface area is 121 Å². The van der Waals surface area contributed by atoms with Crippen molar-refractivity contribution in [1.82, 2.24) is 9.80 Å². The molecular weight excluding hydrogens is 280 g/mol. The normalized spacial score (nSPS) is 15.1. The highest BCUT2D eigenvalue weighted by molar-refractivity contribution is 5.90. The smallest absolute Gasteiger partial charge is 0.331 e. The van der Waals surface area contributed by atoms with Gasteiger partial charge < -0.3 is 19.6 Å². The molecular formula is C13H18N2O6. The first-order valence-electron chi connectivity index (χ1n) is 6.51. The molecule has 116 valence electrons. The van der Waals surface area contributed by atoms with Crippen molar-refractivity contribution in [2.75, 3.05) is 32.8 Å². The molecule has 1 rings (SSSR count). The van der Waals surface area contributed by atoms with Gasteiger partial charge in [-0.05, 0) is 0 Å². The number of piperazine rings is 1. The van der Waals surface area contributed by atoms with Gasteiger partial charge >= 0.3 is 11.9 Å². The monoisotopic (exact) mass is 298 g/mol. The molecule has 0 bridgehead atoms. The summed E-state index contributed by atoms with van der Waals surface area (Å²) in [6, 6.07) is 0. The Bertz CT molecular complexity index is 452. The number of carbonyl (C=O) groups excluding carboxylic acids is 3. The van der Waals surface area contributed by atoms with E-state index in [1.165, 1.54) is 6.92 Å². The predicted molar refractivity (Wildman–Crippen MR) is 71.2 cm³/mol. The molecule has 1 saturated heterocycles. The maximum atomic E-state index is 11.8. The van der Waals surface area contributed by atoms with Gasteiger partial charge in [-0.3, -0.25) is 9.59 Å². The lowest BCUT2D eigenvalue weighted by Gasteiger charge is -2.34. The second-order valence-corrected chi connectivity index (χ2v) is 4.48. The van der Waals surface area contributed by atoms with E-state index in [1.54, 1.807) is 9.80 Å². The molecule has 21 heavy (non-hydrogen) atoms. The van der Waals surface area contributed by atoms with Crippen molar-refractivity contribution >= 4 is 23.8 Å². The first-order valence-corrected chi connectivity index (χ1v) is 6.51. The standard InChI is InChI=1S/C13H18N2O6/c1-10(16)14-5-7-15(8-6-14)11(17)4-9-21-13(20)3-2-12(18)19/h2-3H,4-9H2,1H3,(H,18,19)/b3-2+. The van der Waals surface area contributed by atoms with Gasteiger partial charge in [0.05, 0.1) is 6.42 Å². The Kier molecular flexibility index (Phi) is 6.38. The van der Waals surface area contributed by atoms with Crippen molar-refractivity contribution in [3.8, 4) is 0 Å². The topological polar surface area (TPSA) is 104 Å². The van der Waals surface area contributed by atoms with Gasteiger partial charge in [-0.2, -0.15) is 0 Å². The van der Waals surface area contributed by atoms with Crippen molar-refractivity contribution in [3.63, 3.8) is 0 Å². The number of aliphatic carboxylic acids is 1. The maximum Gasteiger partial charge on any atom is 0.331 e. The van der Waals surface area contributed by atoms with Crippen LogP contribution in [0.15, 0.2) is 12.2 Å². The second kappa shape index (κ2) is 8.03. The third-order valence-corrected chi connectivity index (χ3v) is 3.00. The molecule has 1 fully saturated rings. The van der Waals surface area contributed by atoms with E-state index in [2.05, 4.69) is 0 Å². The second-order valence-electron chi connectivity index (χ2n) is 4.48. The summed E-state index contributed by atoms with van der Waals surface area (Å²) in [4.78, 5) is 47.5. The fourth-order valence-corrected chi connectivity index (χ4v) is 1.86. The largest absolute Gasteiger partial charge is 0.478 e. The molecule has 2 amide bonds. The Morgan fingerprint density at radius 2 is 1.62 bits per heavy atom. The third kappa shape index (κ3) is 6.07. The number of amides is 2. The summed E-state index contributed by atoms with van der Waals surface area (Å²) in [5.41, 5.74) is 0. The molecule has 0 aromatic carbocycles. The summed E-state index contributed by atoms with van der Waals surface area (Å²) in [5.74, 6) is -2.22. The molecule has 8 heteroatoms. The number of carboxylic acids is 1. The zero-order valence-corrected chi connectivity index (χ0v) is 11.8. The van der Waals surface area contributed by atoms with E-state index in [4.69, 9.17) is 9.84 Å². The SMILES string of the molecule is CC(=O)N1CCN(C(=O)CCOC(=O)/C=C/C(=O)O)CC1. The zero-order valence-electron chi connectivity index (χ0n) is 11.8. The van der Waals surface area contributed by atoms with Crippen molar-refractivity contribution in [3.05, 3.63) is 12.2 Å². The lowest BCUT2D eigenvalue weighted by Crippen LogP contribution is -2.50. The summed E-state index contributed by atoms with van der Waals surface area (Å²) in [6.45, 7) is 3.32. The summed E-state index contributed by atoms with van der Waals surface area (Å²) in [5, 5.41) is 8.32. The lowest BCUT2D eigenvalue weighted by molar-refractivity contribution is -0.143. The fourth-order valence-electron chi connectivity index (χ4n) is 1.86. The number of esters is 1. The van der Waals surface area contributed by atoms with Crippen molar-refractivity contribution in [2.24, 2.45) is 0 Å². The molecule has 0 unspecified atom stereocenters. The Balaban J connectivity index is 2.24. The van der Waals surface area contributed by atoms with Gasteiger partial charge in [-0.15, -0.1) is 0 Å². The number of ether oxygens (including phenoxy) is 1. The van der Waals surface area contributed by atoms with E-state index >= 15 is 0 Å². The highest BCUT2D eigenvalue weighted by Gasteiger charge is 2.22. The minimum atomic E-state index is -1.24. The number of rotatable bonds is 5. The fraction of sp³-hybridized carbons (Fsp3) is 0.538. The zero-order chi connectivity index (χ0) is 15.8. The minimum absolute atomic E-state index is 0.0127. The summed E-state index contributed by atoms with van der Waals surface area (Å²) in [6.07, 6.45) is 1.50. The van der Waals surface area contributed by atoms with Crippen LogP contribution in [0.3, 0.4) is 0 Å². The predicted octanol–water partition coefficient (Wildman–Crippen LogP) is -0.749. The highest BCUT2D eigenvalue weighted by Crippen LogP contribution is 2.04. The van der Waals surface area contributed by atoms with E-state index in [0.29, 0.717) is 32.3 Å². The molecule has 0 aromatic heterocycles. The molecule has 0 aromatic rings. The van der Waals surface area contributed by atoms with Crippen LogP contribution in [0.5, 0.6) is 0 Å². The van der Waals surface area contributed by atoms with Crippen LogP contribution in [0.4, 0.5) is 0 Å². The van der Waals surface area contributed by atoms with E-state index in [1.807, 2.05) is 0 Å². The van der Waals surface area contributed by atoms with Crippen molar-refractivity contribution in [2.45, 2.75) is 13.3 Å². The highest BCUT2D eigenvalue weighted by atomic mass is 16.5. The molecule has 1 aliphatic rings. The molecule has 8 nitrogen and oxygen atoms in total.